The van der Waals surface area contributed by atoms with Crippen LogP contribution in [0.15, 0.2) is 4.99 Å². The second kappa shape index (κ2) is 10.2. The molecule has 1 atom stereocenters. The SMILES string of the molecule is CCNC(=NCC1(CO)CC1)N1CCN(C(C)C(=O)N2CCCC2)CC1.I. The summed E-state index contributed by atoms with van der Waals surface area (Å²) in [6, 6.07) is -0.0288. The zero-order chi connectivity index (χ0) is 18.6. The molecule has 3 rings (SSSR count). The number of carbonyl (C=O) groups is 1. The first-order valence-corrected chi connectivity index (χ1v) is 10.3. The van der Waals surface area contributed by atoms with E-state index in [-0.39, 0.29) is 47.9 Å². The molecule has 1 unspecified atom stereocenters. The first kappa shape index (κ1) is 22.7. The third kappa shape index (κ3) is 5.69. The van der Waals surface area contributed by atoms with E-state index in [1.807, 2.05) is 11.8 Å². The van der Waals surface area contributed by atoms with E-state index in [9.17, 15) is 9.90 Å². The van der Waals surface area contributed by atoms with Gasteiger partial charge in [-0.05, 0) is 39.5 Å². The molecule has 0 spiro atoms. The van der Waals surface area contributed by atoms with Crippen molar-refractivity contribution in [2.45, 2.75) is 45.6 Å². The lowest BCUT2D eigenvalue weighted by molar-refractivity contribution is -0.135. The number of hydrogen-bond acceptors (Lipinski definition) is 4. The zero-order valence-electron chi connectivity index (χ0n) is 16.8. The van der Waals surface area contributed by atoms with Gasteiger partial charge in [0.2, 0.25) is 5.91 Å². The van der Waals surface area contributed by atoms with Crippen molar-refractivity contribution in [3.8, 4) is 0 Å². The molecule has 2 heterocycles. The second-order valence-electron chi connectivity index (χ2n) is 8.06. The molecule has 3 aliphatic rings. The molecule has 8 heteroatoms. The molecule has 0 bridgehead atoms. The Morgan fingerprint density at radius 2 is 1.74 bits per heavy atom. The summed E-state index contributed by atoms with van der Waals surface area (Å²) in [6.07, 6.45) is 4.45. The van der Waals surface area contributed by atoms with Crippen molar-refractivity contribution in [2.24, 2.45) is 10.4 Å². The van der Waals surface area contributed by atoms with Crippen LogP contribution in [-0.4, -0.2) is 96.7 Å². The summed E-state index contributed by atoms with van der Waals surface area (Å²) in [4.78, 5) is 24.0. The summed E-state index contributed by atoms with van der Waals surface area (Å²) in [5, 5.41) is 12.9. The minimum Gasteiger partial charge on any atom is -0.396 e. The van der Waals surface area contributed by atoms with Crippen LogP contribution in [0, 0.1) is 5.41 Å². The molecule has 3 fully saturated rings. The van der Waals surface area contributed by atoms with Crippen molar-refractivity contribution in [3.05, 3.63) is 0 Å². The minimum absolute atomic E-state index is 0. The molecule has 0 aromatic heterocycles. The van der Waals surface area contributed by atoms with Gasteiger partial charge in [-0.3, -0.25) is 14.7 Å². The van der Waals surface area contributed by atoms with E-state index < -0.39 is 0 Å². The van der Waals surface area contributed by atoms with Crippen LogP contribution < -0.4 is 5.32 Å². The molecule has 7 nitrogen and oxygen atoms in total. The summed E-state index contributed by atoms with van der Waals surface area (Å²) in [5.41, 5.74) is 0.0408. The van der Waals surface area contributed by atoms with Crippen LogP contribution in [-0.2, 0) is 4.79 Å². The fourth-order valence-corrected chi connectivity index (χ4v) is 3.89. The van der Waals surface area contributed by atoms with E-state index >= 15 is 0 Å². The fraction of sp³-hybridized carbons (Fsp3) is 0.895. The van der Waals surface area contributed by atoms with Gasteiger partial charge in [0.25, 0.3) is 0 Å². The fourth-order valence-electron chi connectivity index (χ4n) is 3.89. The molecule has 0 aromatic carbocycles. The van der Waals surface area contributed by atoms with E-state index in [1.54, 1.807) is 0 Å². The first-order chi connectivity index (χ1) is 12.6. The summed E-state index contributed by atoms with van der Waals surface area (Å²) in [5.74, 6) is 1.24. The van der Waals surface area contributed by atoms with Crippen molar-refractivity contribution in [3.63, 3.8) is 0 Å². The Kier molecular flexibility index (Phi) is 8.61. The highest BCUT2D eigenvalue weighted by Crippen LogP contribution is 2.45. The lowest BCUT2D eigenvalue weighted by Crippen LogP contribution is -2.57. The number of amides is 1. The molecular weight excluding hydrogens is 457 g/mol. The number of likely N-dealkylation sites (tertiary alicyclic amines) is 1. The molecule has 1 saturated carbocycles. The molecule has 2 saturated heterocycles. The highest BCUT2D eigenvalue weighted by molar-refractivity contribution is 14.0. The maximum Gasteiger partial charge on any atom is 0.239 e. The van der Waals surface area contributed by atoms with Crippen LogP contribution in [0.3, 0.4) is 0 Å². The Hall–Kier alpha value is -0.610. The topological polar surface area (TPSA) is 71.4 Å². The Morgan fingerprint density at radius 1 is 1.11 bits per heavy atom. The largest absolute Gasteiger partial charge is 0.396 e. The third-order valence-electron chi connectivity index (χ3n) is 6.13. The number of rotatable bonds is 6. The lowest BCUT2D eigenvalue weighted by Gasteiger charge is -2.39. The number of nitrogens with zero attached hydrogens (tertiary/aromatic N) is 4. The Balaban J connectivity index is 0.00000261. The van der Waals surface area contributed by atoms with Gasteiger partial charge in [0.1, 0.15) is 0 Å². The van der Waals surface area contributed by atoms with Crippen LogP contribution in [0.4, 0.5) is 0 Å². The summed E-state index contributed by atoms with van der Waals surface area (Å²) < 4.78 is 0. The van der Waals surface area contributed by atoms with Gasteiger partial charge < -0.3 is 20.2 Å². The average Bonchev–Trinajstić information content (AvgIpc) is 3.25. The predicted molar refractivity (Wildman–Crippen MR) is 119 cm³/mol. The summed E-state index contributed by atoms with van der Waals surface area (Å²) >= 11 is 0. The van der Waals surface area contributed by atoms with Crippen LogP contribution in [0.25, 0.3) is 0 Å². The number of nitrogens with one attached hydrogen (secondary N) is 1. The monoisotopic (exact) mass is 493 g/mol. The molecule has 2 aliphatic heterocycles. The van der Waals surface area contributed by atoms with E-state index in [1.165, 1.54) is 0 Å². The smallest absolute Gasteiger partial charge is 0.239 e. The highest BCUT2D eigenvalue weighted by Gasteiger charge is 2.42. The number of piperazine rings is 1. The number of carbonyl (C=O) groups excluding carboxylic acids is 1. The van der Waals surface area contributed by atoms with Gasteiger partial charge in [0, 0.05) is 51.2 Å². The standard InChI is InChI=1S/C19H35N5O2.HI/c1-3-20-18(21-14-19(15-25)6-7-19)24-12-10-22(11-13-24)16(2)17(26)23-8-4-5-9-23;/h16,25H,3-15H2,1-2H3,(H,20,21);1H. The van der Waals surface area contributed by atoms with Gasteiger partial charge in [-0.25, -0.2) is 0 Å². The first-order valence-electron chi connectivity index (χ1n) is 10.3. The molecule has 1 aliphatic carbocycles. The molecular formula is C19H36IN5O2. The van der Waals surface area contributed by atoms with Gasteiger partial charge in [-0.15, -0.1) is 24.0 Å². The number of aliphatic imine (C=N–C) groups is 1. The van der Waals surface area contributed by atoms with Crippen molar-refractivity contribution in [1.82, 2.24) is 20.0 Å². The van der Waals surface area contributed by atoms with Gasteiger partial charge in [-0.1, -0.05) is 0 Å². The van der Waals surface area contributed by atoms with Crippen molar-refractivity contribution in [2.75, 3.05) is 59.0 Å². The van der Waals surface area contributed by atoms with Crippen LogP contribution >= 0.6 is 24.0 Å². The van der Waals surface area contributed by atoms with E-state index in [4.69, 9.17) is 4.99 Å². The van der Waals surface area contributed by atoms with Crippen LogP contribution in [0.5, 0.6) is 0 Å². The van der Waals surface area contributed by atoms with Crippen molar-refractivity contribution < 1.29 is 9.90 Å². The number of aliphatic hydroxyl groups excluding tert-OH is 1. The van der Waals surface area contributed by atoms with Crippen molar-refractivity contribution >= 4 is 35.8 Å². The van der Waals surface area contributed by atoms with Gasteiger partial charge in [0.15, 0.2) is 5.96 Å². The molecule has 0 aromatic rings. The van der Waals surface area contributed by atoms with E-state index in [0.717, 1.165) is 77.5 Å². The van der Waals surface area contributed by atoms with E-state index in [2.05, 4.69) is 22.0 Å². The quantitative estimate of drug-likeness (QED) is 0.328. The number of guanidine groups is 1. The number of hydrogen-bond donors (Lipinski definition) is 2. The maximum atomic E-state index is 12.6. The molecule has 2 N–H and O–H groups in total. The average molecular weight is 493 g/mol. The van der Waals surface area contributed by atoms with Crippen molar-refractivity contribution in [1.29, 1.82) is 0 Å². The Morgan fingerprint density at radius 3 is 2.26 bits per heavy atom. The summed E-state index contributed by atoms with van der Waals surface area (Å²) in [7, 11) is 0. The van der Waals surface area contributed by atoms with E-state index in [0.29, 0.717) is 6.54 Å². The van der Waals surface area contributed by atoms with Crippen LogP contribution in [0.2, 0.25) is 0 Å². The highest BCUT2D eigenvalue weighted by atomic mass is 127. The molecule has 27 heavy (non-hydrogen) atoms. The minimum atomic E-state index is -0.0288. The molecule has 156 valence electrons. The number of aliphatic hydroxyl groups is 1. The van der Waals surface area contributed by atoms with Gasteiger partial charge >= 0.3 is 0 Å². The summed E-state index contributed by atoms with van der Waals surface area (Å²) in [6.45, 7) is 11.3. The molecule has 1 amide bonds. The van der Waals surface area contributed by atoms with Gasteiger partial charge in [-0.2, -0.15) is 0 Å². The van der Waals surface area contributed by atoms with Gasteiger partial charge in [0.05, 0.1) is 19.2 Å². The molecule has 0 radical (unpaired) electrons. The normalized spacial score (nSPS) is 23.7. The lowest BCUT2D eigenvalue weighted by atomic mass is 10.1. The maximum absolute atomic E-state index is 12.6. The Labute approximate surface area is 180 Å². The Bertz CT molecular complexity index is 512. The number of halogens is 1. The second-order valence-corrected chi connectivity index (χ2v) is 8.06. The van der Waals surface area contributed by atoms with Crippen LogP contribution in [0.1, 0.15) is 39.5 Å². The third-order valence-corrected chi connectivity index (χ3v) is 6.13. The predicted octanol–water partition coefficient (Wildman–Crippen LogP) is 0.971. The zero-order valence-corrected chi connectivity index (χ0v) is 19.2.